The second-order valence-corrected chi connectivity index (χ2v) is 5.72. The fourth-order valence-corrected chi connectivity index (χ4v) is 3.31. The third-order valence-corrected chi connectivity index (χ3v) is 4.29. The molecule has 0 heterocycles. The van der Waals surface area contributed by atoms with Gasteiger partial charge in [-0.3, -0.25) is 9.59 Å². The first-order chi connectivity index (χ1) is 8.31. The van der Waals surface area contributed by atoms with Crippen LogP contribution in [0.25, 0.3) is 0 Å². The van der Waals surface area contributed by atoms with E-state index < -0.39 is 50.4 Å². The summed E-state index contributed by atoms with van der Waals surface area (Å²) in [7, 11) is 0. The minimum atomic E-state index is -4.12. The van der Waals surface area contributed by atoms with E-state index in [-0.39, 0.29) is 14.7 Å². The molecule has 0 aromatic heterocycles. The number of halogens is 2. The average Bonchev–Trinajstić information content (AvgIpc) is 2.12. The van der Waals surface area contributed by atoms with Gasteiger partial charge in [0.15, 0.2) is 0 Å². The Morgan fingerprint density at radius 2 is 1.44 bits per heavy atom. The molecular weight excluding hydrogens is 362 g/mol. The minimum absolute atomic E-state index is 0.214. The zero-order valence-electron chi connectivity index (χ0n) is 8.85. The molecule has 0 atom stereocenters. The molecule has 0 bridgehead atoms. The van der Waals surface area contributed by atoms with Crippen LogP contribution in [0, 0.1) is 9.39 Å². The van der Waals surface area contributed by atoms with Gasteiger partial charge in [-0.15, -0.1) is 0 Å². The Bertz CT molecular complexity index is 533. The molecule has 0 fully saturated rings. The van der Waals surface area contributed by atoms with Crippen LogP contribution in [0.15, 0.2) is 12.1 Å². The Balaban J connectivity index is 3.44. The van der Waals surface area contributed by atoms with Crippen molar-refractivity contribution in [1.82, 2.24) is 0 Å². The van der Waals surface area contributed by atoms with Gasteiger partial charge in [-0.25, -0.2) is 10.5 Å². The standard InChI is InChI=1S/C10H8FIO6/c11-7-1-5(3-8(13)14)10(12(17)18)6(2-7)4-9(15)16/h1-2H,3-4H2,(H,13,14)(H,15,16). The first-order valence-corrected chi connectivity index (χ1v) is 7.45. The number of aliphatic carboxylic acids is 2. The van der Waals surface area contributed by atoms with Gasteiger partial charge in [0, 0.05) is 0 Å². The number of hydrogen-bond donors (Lipinski definition) is 2. The van der Waals surface area contributed by atoms with Crippen LogP contribution in [0.3, 0.4) is 0 Å². The lowest BCUT2D eigenvalue weighted by Crippen LogP contribution is -2.09. The second-order valence-electron chi connectivity index (χ2n) is 3.40. The first kappa shape index (κ1) is 14.5. The first-order valence-electron chi connectivity index (χ1n) is 4.61. The number of rotatable bonds is 5. The molecule has 98 valence electrons. The molecule has 0 aliphatic rings. The number of carboxylic acid groups (broad SMARTS) is 2. The minimum Gasteiger partial charge on any atom is -0.481 e. The predicted octanol–water partition coefficient (Wildman–Crippen LogP) is 1.45. The molecule has 1 rings (SSSR count). The van der Waals surface area contributed by atoms with E-state index in [9.17, 15) is 20.1 Å². The van der Waals surface area contributed by atoms with Crippen molar-refractivity contribution in [3.05, 3.63) is 32.6 Å². The lowest BCUT2D eigenvalue weighted by atomic mass is 10.1. The third kappa shape index (κ3) is 3.72. The fourth-order valence-electron chi connectivity index (χ4n) is 1.49. The average molecular weight is 370 g/mol. The Kier molecular flexibility index (Phi) is 4.70. The van der Waals surface area contributed by atoms with E-state index in [4.69, 9.17) is 10.2 Å². The van der Waals surface area contributed by atoms with Gasteiger partial charge < -0.3 is 10.2 Å². The topological polar surface area (TPSA) is 109 Å². The Labute approximate surface area is 108 Å². The summed E-state index contributed by atoms with van der Waals surface area (Å²) in [5, 5.41) is 17.2. The highest BCUT2D eigenvalue weighted by Crippen LogP contribution is 2.28. The van der Waals surface area contributed by atoms with Crippen molar-refractivity contribution >= 4 is 31.7 Å². The smallest absolute Gasteiger partial charge is 0.341 e. The van der Waals surface area contributed by atoms with Crippen molar-refractivity contribution in [2.75, 3.05) is 0 Å². The Morgan fingerprint density at radius 1 is 1.06 bits per heavy atom. The van der Waals surface area contributed by atoms with Gasteiger partial charge in [-0.1, -0.05) is 0 Å². The highest BCUT2D eigenvalue weighted by Gasteiger charge is 2.19. The number of hydrogen-bond acceptors (Lipinski definition) is 4. The van der Waals surface area contributed by atoms with Gasteiger partial charge in [0.1, 0.15) is 5.82 Å². The lowest BCUT2D eigenvalue weighted by Gasteiger charge is -2.06. The normalized spacial score (nSPS) is 10.6. The summed E-state index contributed by atoms with van der Waals surface area (Å²) >= 11 is -4.12. The summed E-state index contributed by atoms with van der Waals surface area (Å²) in [5.41, 5.74) is -0.428. The molecular formula is C10H8FIO6. The van der Waals surface area contributed by atoms with Crippen molar-refractivity contribution < 1.29 is 30.3 Å². The van der Waals surface area contributed by atoms with Gasteiger partial charge in [0.05, 0.1) is 16.4 Å². The van der Waals surface area contributed by atoms with Crippen LogP contribution in [-0.4, -0.2) is 22.2 Å². The molecule has 0 aliphatic heterocycles. The summed E-state index contributed by atoms with van der Waals surface area (Å²) in [6, 6.07) is 1.60. The zero-order valence-corrected chi connectivity index (χ0v) is 11.0. The molecule has 0 unspecified atom stereocenters. The van der Waals surface area contributed by atoms with Crippen molar-refractivity contribution in [1.29, 1.82) is 0 Å². The number of carbonyl (C=O) groups is 2. The lowest BCUT2D eigenvalue weighted by molar-refractivity contribution is -0.137. The van der Waals surface area contributed by atoms with Crippen molar-refractivity contribution in [3.63, 3.8) is 0 Å². The van der Waals surface area contributed by atoms with Gasteiger partial charge in [0.25, 0.3) is 0 Å². The van der Waals surface area contributed by atoms with Crippen LogP contribution in [0.4, 0.5) is 4.39 Å². The van der Waals surface area contributed by atoms with Crippen molar-refractivity contribution in [2.24, 2.45) is 0 Å². The van der Waals surface area contributed by atoms with Crippen LogP contribution in [0.2, 0.25) is 0 Å². The largest absolute Gasteiger partial charge is 0.481 e. The van der Waals surface area contributed by atoms with Crippen molar-refractivity contribution in [2.45, 2.75) is 12.8 Å². The van der Waals surface area contributed by atoms with Crippen LogP contribution >= 0.6 is 19.8 Å². The molecule has 0 saturated carbocycles. The zero-order chi connectivity index (χ0) is 13.9. The van der Waals surface area contributed by atoms with E-state index in [1.807, 2.05) is 0 Å². The van der Waals surface area contributed by atoms with Gasteiger partial charge in [-0.2, -0.15) is 0 Å². The molecule has 1 aromatic rings. The predicted molar refractivity (Wildman–Crippen MR) is 63.2 cm³/mol. The summed E-state index contributed by atoms with van der Waals surface area (Å²) in [6.07, 6.45) is -1.34. The molecule has 1 aromatic carbocycles. The van der Waals surface area contributed by atoms with E-state index in [0.29, 0.717) is 0 Å². The van der Waals surface area contributed by atoms with Gasteiger partial charge in [-0.05, 0) is 23.3 Å². The molecule has 0 aliphatic carbocycles. The molecule has 18 heavy (non-hydrogen) atoms. The Morgan fingerprint density at radius 3 is 1.72 bits per heavy atom. The molecule has 0 amide bonds. The summed E-state index contributed by atoms with van der Waals surface area (Å²) in [4.78, 5) is 21.1. The maximum Gasteiger partial charge on any atom is 0.341 e. The summed E-state index contributed by atoms with van der Waals surface area (Å²) in [5.74, 6) is -3.49. The number of benzene rings is 1. The van der Waals surface area contributed by atoms with Crippen LogP contribution < -0.4 is 0 Å². The second kappa shape index (κ2) is 5.85. The summed E-state index contributed by atoms with van der Waals surface area (Å²) in [6.45, 7) is 0. The van der Waals surface area contributed by atoms with Crippen molar-refractivity contribution in [3.8, 4) is 0 Å². The van der Waals surface area contributed by atoms with E-state index in [1.165, 1.54) is 0 Å². The molecule has 0 spiro atoms. The Hall–Kier alpha value is -1.58. The molecule has 6 nitrogen and oxygen atoms in total. The maximum atomic E-state index is 13.2. The van der Waals surface area contributed by atoms with E-state index in [2.05, 4.69) is 0 Å². The van der Waals surface area contributed by atoms with Crippen LogP contribution in [-0.2, 0) is 28.6 Å². The SMILES string of the molecule is O=C(O)Cc1cc(F)cc(CC(=O)O)c1I(=O)=O. The quantitative estimate of drug-likeness (QED) is 0.760. The molecule has 0 saturated heterocycles. The highest BCUT2D eigenvalue weighted by atomic mass is 127. The number of carboxylic acids is 2. The third-order valence-electron chi connectivity index (χ3n) is 2.03. The van der Waals surface area contributed by atoms with E-state index in [1.54, 1.807) is 0 Å². The molecule has 0 radical (unpaired) electrons. The van der Waals surface area contributed by atoms with Crippen LogP contribution in [0.1, 0.15) is 11.1 Å². The van der Waals surface area contributed by atoms with E-state index in [0.717, 1.165) is 12.1 Å². The fraction of sp³-hybridized carbons (Fsp3) is 0.200. The maximum absolute atomic E-state index is 13.2. The molecule has 2 N–H and O–H groups in total. The monoisotopic (exact) mass is 370 g/mol. The summed E-state index contributed by atoms with van der Waals surface area (Å²) < 4.78 is 35.1. The highest BCUT2D eigenvalue weighted by molar-refractivity contribution is 14.2. The molecule has 8 heteroatoms. The van der Waals surface area contributed by atoms with Gasteiger partial charge >= 0.3 is 31.7 Å². The van der Waals surface area contributed by atoms with E-state index >= 15 is 0 Å². The van der Waals surface area contributed by atoms with Crippen LogP contribution in [0.5, 0.6) is 0 Å². The van der Waals surface area contributed by atoms with Gasteiger partial charge in [0.2, 0.25) is 0 Å².